The highest BCUT2D eigenvalue weighted by atomic mass is 35.5. The molecule has 4 aromatic carbocycles. The van der Waals surface area contributed by atoms with Crippen molar-refractivity contribution in [3.05, 3.63) is 123 Å². The first kappa shape index (κ1) is 23.6. The van der Waals surface area contributed by atoms with Crippen LogP contribution in [0.25, 0.3) is 33.5 Å². The van der Waals surface area contributed by atoms with Gasteiger partial charge in [0.05, 0.1) is 17.1 Å². The fourth-order valence-electron chi connectivity index (χ4n) is 3.90. The first-order valence-corrected chi connectivity index (χ1v) is 12.9. The number of fused-ring (bicyclic) bond motifs is 2. The van der Waals surface area contributed by atoms with Crippen LogP contribution in [0.4, 0.5) is 0 Å². The van der Waals surface area contributed by atoms with E-state index < -0.39 is 0 Å². The molecule has 0 aliphatic rings. The van der Waals surface area contributed by atoms with E-state index in [1.165, 1.54) is 4.68 Å². The van der Waals surface area contributed by atoms with E-state index in [1.807, 2.05) is 60.7 Å². The van der Waals surface area contributed by atoms with Crippen molar-refractivity contribution in [2.45, 2.75) is 9.79 Å². The average Bonchev–Trinajstić information content (AvgIpc) is 3.33. The van der Waals surface area contributed by atoms with Crippen molar-refractivity contribution in [2.75, 3.05) is 0 Å². The number of para-hydroxylation sites is 1. The lowest BCUT2D eigenvalue weighted by atomic mass is 10.2. The maximum Gasteiger partial charge on any atom is 0.282 e. The number of halogens is 2. The second-order valence-electron chi connectivity index (χ2n) is 8.23. The van der Waals surface area contributed by atoms with Gasteiger partial charge < -0.3 is 4.42 Å². The normalized spacial score (nSPS) is 11.6. The Bertz CT molecular complexity index is 1840. The van der Waals surface area contributed by atoms with Crippen LogP contribution >= 0.6 is 35.0 Å². The van der Waals surface area contributed by atoms with E-state index in [2.05, 4.69) is 5.10 Å². The molecule has 0 spiro atoms. The van der Waals surface area contributed by atoms with Crippen LogP contribution in [0.2, 0.25) is 10.0 Å². The number of rotatable bonds is 5. The number of benzene rings is 4. The van der Waals surface area contributed by atoms with Crippen molar-refractivity contribution in [3.8, 4) is 11.6 Å². The second kappa shape index (κ2) is 9.90. The summed E-state index contributed by atoms with van der Waals surface area (Å²) in [6.07, 6.45) is 1.64. The SMILES string of the molecule is O=c1c2ccccc2nc(-c2cc3cc(Cl)ccc3o2)n1N=Cc1ccc(Sc2ccc(Cl)cc2)cc1. The largest absolute Gasteiger partial charge is 0.453 e. The van der Waals surface area contributed by atoms with Crippen molar-refractivity contribution in [1.82, 2.24) is 9.66 Å². The van der Waals surface area contributed by atoms with Gasteiger partial charge in [-0.2, -0.15) is 9.78 Å². The van der Waals surface area contributed by atoms with Crippen LogP contribution in [0.5, 0.6) is 0 Å². The highest BCUT2D eigenvalue weighted by molar-refractivity contribution is 7.99. The van der Waals surface area contributed by atoms with Gasteiger partial charge in [0.2, 0.25) is 5.82 Å². The van der Waals surface area contributed by atoms with E-state index in [1.54, 1.807) is 54.4 Å². The molecule has 37 heavy (non-hydrogen) atoms. The summed E-state index contributed by atoms with van der Waals surface area (Å²) in [5.74, 6) is 0.731. The average molecular weight is 542 g/mol. The number of aromatic nitrogens is 2. The molecule has 0 amide bonds. The highest BCUT2D eigenvalue weighted by Gasteiger charge is 2.16. The Morgan fingerprint density at radius 3 is 2.32 bits per heavy atom. The monoisotopic (exact) mass is 541 g/mol. The van der Waals surface area contributed by atoms with E-state index in [0.717, 1.165) is 20.7 Å². The Hall–Kier alpha value is -3.84. The molecule has 2 aromatic heterocycles. The van der Waals surface area contributed by atoms with Gasteiger partial charge in [0.25, 0.3) is 5.56 Å². The van der Waals surface area contributed by atoms with Gasteiger partial charge in [-0.1, -0.05) is 59.2 Å². The Morgan fingerprint density at radius 2 is 1.54 bits per heavy atom. The van der Waals surface area contributed by atoms with E-state index in [-0.39, 0.29) is 5.56 Å². The first-order valence-electron chi connectivity index (χ1n) is 11.3. The third-order valence-corrected chi connectivity index (χ3v) is 7.21. The molecule has 0 fully saturated rings. The molecule has 6 aromatic rings. The van der Waals surface area contributed by atoms with Gasteiger partial charge >= 0.3 is 0 Å². The first-order chi connectivity index (χ1) is 18.0. The van der Waals surface area contributed by atoms with Gasteiger partial charge in [-0.25, -0.2) is 4.98 Å². The minimum Gasteiger partial charge on any atom is -0.453 e. The third-order valence-electron chi connectivity index (χ3n) is 5.70. The predicted octanol–water partition coefficient (Wildman–Crippen LogP) is 8.15. The van der Waals surface area contributed by atoms with Crippen molar-refractivity contribution in [3.63, 3.8) is 0 Å². The maximum absolute atomic E-state index is 13.4. The molecule has 0 bridgehead atoms. The Morgan fingerprint density at radius 1 is 0.838 bits per heavy atom. The van der Waals surface area contributed by atoms with Crippen molar-refractivity contribution in [2.24, 2.45) is 5.10 Å². The van der Waals surface area contributed by atoms with Crippen LogP contribution in [0.1, 0.15) is 5.56 Å². The Labute approximate surface area is 226 Å². The summed E-state index contributed by atoms with van der Waals surface area (Å²) in [6, 6.07) is 30.0. The van der Waals surface area contributed by atoms with E-state index in [4.69, 9.17) is 32.6 Å². The lowest BCUT2D eigenvalue weighted by molar-refractivity contribution is 0.616. The fraction of sp³-hybridized carbons (Fsp3) is 0. The van der Waals surface area contributed by atoms with Crippen molar-refractivity contribution < 1.29 is 4.42 Å². The van der Waals surface area contributed by atoms with Crippen LogP contribution in [-0.2, 0) is 0 Å². The summed E-state index contributed by atoms with van der Waals surface area (Å²) < 4.78 is 7.30. The quantitative estimate of drug-likeness (QED) is 0.206. The molecule has 180 valence electrons. The lowest BCUT2D eigenvalue weighted by Gasteiger charge is -2.07. The lowest BCUT2D eigenvalue weighted by Crippen LogP contribution is -2.20. The van der Waals surface area contributed by atoms with Crippen LogP contribution < -0.4 is 5.56 Å². The molecule has 6 rings (SSSR count). The third kappa shape index (κ3) is 4.91. The summed E-state index contributed by atoms with van der Waals surface area (Å²) in [7, 11) is 0. The zero-order valence-electron chi connectivity index (χ0n) is 19.1. The van der Waals surface area contributed by atoms with Gasteiger partial charge in [-0.05, 0) is 78.4 Å². The van der Waals surface area contributed by atoms with Crippen molar-refractivity contribution >= 4 is 63.1 Å². The van der Waals surface area contributed by atoms with E-state index in [0.29, 0.717) is 38.1 Å². The van der Waals surface area contributed by atoms with Gasteiger partial charge in [0.1, 0.15) is 5.58 Å². The van der Waals surface area contributed by atoms with E-state index in [9.17, 15) is 4.79 Å². The highest BCUT2D eigenvalue weighted by Crippen LogP contribution is 2.30. The van der Waals surface area contributed by atoms with Crippen LogP contribution in [0, 0.1) is 0 Å². The molecular formula is C29H17Cl2N3O2S. The Balaban J connectivity index is 1.38. The van der Waals surface area contributed by atoms with Crippen LogP contribution in [0.15, 0.2) is 121 Å². The molecular weight excluding hydrogens is 525 g/mol. The maximum atomic E-state index is 13.4. The molecule has 0 atom stereocenters. The molecule has 0 unspecified atom stereocenters. The Kier molecular flexibility index (Phi) is 6.30. The molecule has 0 saturated heterocycles. The van der Waals surface area contributed by atoms with Crippen LogP contribution in [0.3, 0.4) is 0 Å². The summed E-state index contributed by atoms with van der Waals surface area (Å²) in [6.45, 7) is 0. The molecule has 0 aliphatic heterocycles. The molecule has 8 heteroatoms. The van der Waals surface area contributed by atoms with Crippen molar-refractivity contribution in [1.29, 1.82) is 0 Å². The zero-order chi connectivity index (χ0) is 25.4. The van der Waals surface area contributed by atoms with Crippen LogP contribution in [-0.4, -0.2) is 15.9 Å². The molecule has 0 radical (unpaired) electrons. The second-order valence-corrected chi connectivity index (χ2v) is 10.3. The minimum absolute atomic E-state index is 0.287. The molecule has 2 heterocycles. The molecule has 0 N–H and O–H groups in total. The summed E-state index contributed by atoms with van der Waals surface area (Å²) in [5.41, 5.74) is 1.76. The standard InChI is InChI=1S/C29H17Cl2N3O2S/c30-20-7-12-23(13-8-20)37-22-10-5-18(6-11-22)17-32-34-28(33-25-4-2-1-3-24(25)29(34)35)27-16-19-15-21(31)9-14-26(19)36-27/h1-17H. The van der Waals surface area contributed by atoms with E-state index >= 15 is 0 Å². The number of hydrogen-bond donors (Lipinski definition) is 0. The van der Waals surface area contributed by atoms with Gasteiger partial charge in [0, 0.05) is 25.2 Å². The zero-order valence-corrected chi connectivity index (χ0v) is 21.5. The predicted molar refractivity (Wildman–Crippen MR) is 151 cm³/mol. The molecule has 5 nitrogen and oxygen atoms in total. The topological polar surface area (TPSA) is 60.4 Å². The van der Waals surface area contributed by atoms with Gasteiger partial charge in [-0.15, -0.1) is 0 Å². The summed E-state index contributed by atoms with van der Waals surface area (Å²) >= 11 is 13.8. The van der Waals surface area contributed by atoms with Gasteiger partial charge in [-0.3, -0.25) is 4.79 Å². The number of nitrogens with zero attached hydrogens (tertiary/aromatic N) is 3. The number of hydrogen-bond acceptors (Lipinski definition) is 5. The molecule has 0 saturated carbocycles. The summed E-state index contributed by atoms with van der Waals surface area (Å²) in [4.78, 5) is 20.3. The molecule has 0 aliphatic carbocycles. The van der Waals surface area contributed by atoms with Gasteiger partial charge in [0.15, 0.2) is 5.76 Å². The fourth-order valence-corrected chi connectivity index (χ4v) is 5.02. The minimum atomic E-state index is -0.287. The number of furan rings is 1. The summed E-state index contributed by atoms with van der Waals surface area (Å²) in [5, 5.41) is 7.11. The smallest absolute Gasteiger partial charge is 0.282 e.